The van der Waals surface area contributed by atoms with Crippen molar-refractivity contribution in [2.45, 2.75) is 30.7 Å². The third kappa shape index (κ3) is 5.34. The fraction of sp³-hybridized carbons (Fsp3) is 0.154. The number of nitrogens with one attached hydrogen (secondary N) is 3. The van der Waals surface area contributed by atoms with Gasteiger partial charge in [-0.25, -0.2) is 8.42 Å². The monoisotopic (exact) mass is 472 g/mol. The molecule has 0 aliphatic carbocycles. The van der Waals surface area contributed by atoms with E-state index in [1.54, 1.807) is 42.6 Å². The molecule has 7 nitrogen and oxygen atoms in total. The van der Waals surface area contributed by atoms with Gasteiger partial charge in [-0.15, -0.1) is 0 Å². The smallest absolute Gasteiger partial charge is 0.242 e. The Morgan fingerprint density at radius 3 is 2.56 bits per heavy atom. The normalized spacial score (nSPS) is 12.2. The van der Waals surface area contributed by atoms with Crippen molar-refractivity contribution in [3.8, 4) is 6.07 Å². The Kier molecular flexibility index (Phi) is 6.77. The summed E-state index contributed by atoms with van der Waals surface area (Å²) in [7, 11) is -3.95. The van der Waals surface area contributed by atoms with Crippen LogP contribution in [0.15, 0.2) is 83.9 Å². The molecule has 0 aliphatic heterocycles. The Bertz CT molecular complexity index is 1470. The molecule has 4 aromatic rings. The number of sulfonamides is 1. The standard InChI is InChI=1S/C26H24N4O3S/c1-18-5-4-6-22(15-18)34(32,33)30-25(16-20-17-28-24-8-3-2-7-23(20)24)26(31)29-21-11-9-19(10-12-21)13-14-27/h2-12,15,17,25,28,30H,13,16H2,1H3,(H,29,31)/t25-/m1/s1. The molecule has 4 rings (SSSR count). The number of rotatable bonds is 8. The Hall–Kier alpha value is -3.93. The summed E-state index contributed by atoms with van der Waals surface area (Å²) in [4.78, 5) is 16.5. The molecule has 0 saturated carbocycles. The van der Waals surface area contributed by atoms with Crippen LogP contribution >= 0.6 is 0 Å². The van der Waals surface area contributed by atoms with Gasteiger partial charge in [0.15, 0.2) is 0 Å². The summed E-state index contributed by atoms with van der Waals surface area (Å²) < 4.78 is 28.9. The summed E-state index contributed by atoms with van der Waals surface area (Å²) in [6.45, 7) is 1.81. The zero-order chi connectivity index (χ0) is 24.1. The van der Waals surface area contributed by atoms with Crippen molar-refractivity contribution in [1.29, 1.82) is 5.26 Å². The van der Waals surface area contributed by atoms with E-state index in [4.69, 9.17) is 5.26 Å². The van der Waals surface area contributed by atoms with Crippen LogP contribution in [0.1, 0.15) is 16.7 Å². The number of nitriles is 1. The number of amides is 1. The zero-order valence-corrected chi connectivity index (χ0v) is 19.4. The Labute approximate surface area is 198 Å². The second-order valence-electron chi connectivity index (χ2n) is 8.08. The number of benzene rings is 3. The molecule has 1 aromatic heterocycles. The van der Waals surface area contributed by atoms with E-state index in [9.17, 15) is 13.2 Å². The van der Waals surface area contributed by atoms with Crippen LogP contribution in [0.5, 0.6) is 0 Å². The molecule has 34 heavy (non-hydrogen) atoms. The van der Waals surface area contributed by atoms with E-state index < -0.39 is 22.0 Å². The second kappa shape index (κ2) is 9.91. The van der Waals surface area contributed by atoms with Gasteiger partial charge in [0.25, 0.3) is 0 Å². The van der Waals surface area contributed by atoms with Crippen LogP contribution in [0, 0.1) is 18.3 Å². The number of hydrogen-bond acceptors (Lipinski definition) is 4. The number of fused-ring (bicyclic) bond motifs is 1. The molecule has 1 atom stereocenters. The first-order chi connectivity index (χ1) is 16.4. The summed E-state index contributed by atoms with van der Waals surface area (Å²) in [5.41, 5.74) is 3.89. The predicted molar refractivity (Wildman–Crippen MR) is 132 cm³/mol. The highest BCUT2D eigenvalue weighted by Crippen LogP contribution is 2.21. The predicted octanol–water partition coefficient (Wildman–Crippen LogP) is 4.07. The van der Waals surface area contributed by atoms with Gasteiger partial charge in [-0.05, 0) is 60.4 Å². The Morgan fingerprint density at radius 1 is 1.06 bits per heavy atom. The number of carbonyl (C=O) groups is 1. The highest BCUT2D eigenvalue weighted by Gasteiger charge is 2.27. The zero-order valence-electron chi connectivity index (χ0n) is 18.6. The third-order valence-corrected chi connectivity index (χ3v) is 6.99. The summed E-state index contributed by atoms with van der Waals surface area (Å²) in [5.74, 6) is -0.477. The molecular formula is C26H24N4O3S. The van der Waals surface area contributed by atoms with E-state index in [1.165, 1.54) is 6.07 Å². The number of H-pyrrole nitrogens is 1. The number of nitrogens with zero attached hydrogens (tertiary/aromatic N) is 1. The maximum atomic E-state index is 13.3. The van der Waals surface area contributed by atoms with Gasteiger partial charge in [-0.1, -0.05) is 42.5 Å². The van der Waals surface area contributed by atoms with Crippen molar-refractivity contribution in [2.24, 2.45) is 0 Å². The van der Waals surface area contributed by atoms with Crippen LogP contribution in [-0.4, -0.2) is 25.4 Å². The molecule has 0 unspecified atom stereocenters. The number of hydrogen-bond donors (Lipinski definition) is 3. The van der Waals surface area contributed by atoms with Gasteiger partial charge in [-0.3, -0.25) is 4.79 Å². The van der Waals surface area contributed by atoms with E-state index in [0.29, 0.717) is 5.69 Å². The lowest BCUT2D eigenvalue weighted by molar-refractivity contribution is -0.117. The number of carbonyl (C=O) groups excluding carboxylic acids is 1. The van der Waals surface area contributed by atoms with Gasteiger partial charge in [0.05, 0.1) is 17.4 Å². The van der Waals surface area contributed by atoms with Crippen LogP contribution in [-0.2, 0) is 27.7 Å². The highest BCUT2D eigenvalue weighted by molar-refractivity contribution is 7.89. The van der Waals surface area contributed by atoms with Crippen molar-refractivity contribution in [3.63, 3.8) is 0 Å². The Balaban J connectivity index is 1.62. The van der Waals surface area contributed by atoms with E-state index in [1.807, 2.05) is 37.3 Å². The largest absolute Gasteiger partial charge is 0.361 e. The second-order valence-corrected chi connectivity index (χ2v) is 9.79. The van der Waals surface area contributed by atoms with E-state index in [0.717, 1.165) is 27.6 Å². The van der Waals surface area contributed by atoms with Gasteiger partial charge < -0.3 is 10.3 Å². The first-order valence-electron chi connectivity index (χ1n) is 10.8. The van der Waals surface area contributed by atoms with Crippen LogP contribution in [0.4, 0.5) is 5.69 Å². The van der Waals surface area contributed by atoms with Crippen molar-refractivity contribution < 1.29 is 13.2 Å². The van der Waals surface area contributed by atoms with Crippen molar-refractivity contribution in [1.82, 2.24) is 9.71 Å². The van der Waals surface area contributed by atoms with Gasteiger partial charge in [0.1, 0.15) is 6.04 Å². The summed E-state index contributed by atoms with van der Waals surface area (Å²) >= 11 is 0. The van der Waals surface area contributed by atoms with E-state index in [-0.39, 0.29) is 17.7 Å². The SMILES string of the molecule is Cc1cccc(S(=O)(=O)N[C@H](Cc2c[nH]c3ccccc23)C(=O)Nc2ccc(CC#N)cc2)c1. The molecule has 172 valence electrons. The van der Waals surface area contributed by atoms with E-state index in [2.05, 4.69) is 21.1 Å². The minimum atomic E-state index is -3.95. The summed E-state index contributed by atoms with van der Waals surface area (Å²) in [6, 6.07) is 22.1. The van der Waals surface area contributed by atoms with Gasteiger partial charge in [-0.2, -0.15) is 9.98 Å². The van der Waals surface area contributed by atoms with Gasteiger partial charge >= 0.3 is 0 Å². The molecule has 1 heterocycles. The lowest BCUT2D eigenvalue weighted by atomic mass is 10.0. The maximum absolute atomic E-state index is 13.3. The number of anilines is 1. The molecule has 0 aliphatic rings. The minimum Gasteiger partial charge on any atom is -0.361 e. The molecule has 3 N–H and O–H groups in total. The number of para-hydroxylation sites is 1. The van der Waals surface area contributed by atoms with Gasteiger partial charge in [0, 0.05) is 22.8 Å². The summed E-state index contributed by atoms with van der Waals surface area (Å²) in [6.07, 6.45) is 2.23. The topological polar surface area (TPSA) is 115 Å². The number of aromatic amines is 1. The molecule has 0 fully saturated rings. The number of aromatic nitrogens is 1. The average molecular weight is 473 g/mol. The average Bonchev–Trinajstić information content (AvgIpc) is 3.23. The molecule has 8 heteroatoms. The van der Waals surface area contributed by atoms with Crippen LogP contribution < -0.4 is 10.0 Å². The first kappa shape index (κ1) is 23.2. The lowest BCUT2D eigenvalue weighted by Crippen LogP contribution is -2.45. The lowest BCUT2D eigenvalue weighted by Gasteiger charge is -2.19. The van der Waals surface area contributed by atoms with E-state index >= 15 is 0 Å². The highest BCUT2D eigenvalue weighted by atomic mass is 32.2. The number of aryl methyl sites for hydroxylation is 1. The maximum Gasteiger partial charge on any atom is 0.242 e. The van der Waals surface area contributed by atoms with Gasteiger partial charge in [0.2, 0.25) is 15.9 Å². The molecular weight excluding hydrogens is 448 g/mol. The quantitative estimate of drug-likeness (QED) is 0.359. The van der Waals surface area contributed by atoms with Crippen molar-refractivity contribution in [2.75, 3.05) is 5.32 Å². The molecule has 3 aromatic carbocycles. The molecule has 0 spiro atoms. The molecule has 0 radical (unpaired) electrons. The fourth-order valence-corrected chi connectivity index (χ4v) is 5.07. The van der Waals surface area contributed by atoms with Crippen LogP contribution in [0.3, 0.4) is 0 Å². The van der Waals surface area contributed by atoms with Crippen molar-refractivity contribution in [3.05, 3.63) is 95.7 Å². The third-order valence-electron chi connectivity index (χ3n) is 5.52. The molecule has 1 amide bonds. The summed E-state index contributed by atoms with van der Waals surface area (Å²) in [5, 5.41) is 12.6. The molecule has 0 saturated heterocycles. The first-order valence-corrected chi connectivity index (χ1v) is 12.2. The van der Waals surface area contributed by atoms with Crippen LogP contribution in [0.2, 0.25) is 0 Å². The van der Waals surface area contributed by atoms with Crippen LogP contribution in [0.25, 0.3) is 10.9 Å². The van der Waals surface area contributed by atoms with Crippen molar-refractivity contribution >= 4 is 32.5 Å². The Morgan fingerprint density at radius 2 is 1.82 bits per heavy atom. The molecule has 0 bridgehead atoms. The minimum absolute atomic E-state index is 0.102. The fourth-order valence-electron chi connectivity index (χ4n) is 3.77.